The number of halogens is 3. The number of H-pyrrole nitrogens is 1. The van der Waals surface area contributed by atoms with Crippen LogP contribution in [0.1, 0.15) is 56.2 Å². The Labute approximate surface area is 298 Å². The van der Waals surface area contributed by atoms with E-state index in [1.54, 1.807) is 62.0 Å². The minimum atomic E-state index is -0.893. The second-order valence-corrected chi connectivity index (χ2v) is 14.1. The number of aromatic amines is 1. The highest BCUT2D eigenvalue weighted by Gasteiger charge is 2.38. The molecule has 2 N–H and O–H groups in total. The summed E-state index contributed by atoms with van der Waals surface area (Å²) >= 11 is 14.2. The third-order valence-electron chi connectivity index (χ3n) is 9.04. The average Bonchev–Trinajstić information content (AvgIpc) is 3.59. The molecule has 3 atom stereocenters. The normalized spacial score (nSPS) is 19.6. The number of aromatic nitrogens is 1. The molecule has 7 rings (SSSR count). The number of rotatable bonds is 13. The summed E-state index contributed by atoms with van der Waals surface area (Å²) in [6.45, 7) is 3.00. The zero-order valence-electron chi connectivity index (χ0n) is 27.0. The Morgan fingerprint density at radius 1 is 1.00 bits per heavy atom. The molecule has 3 saturated heterocycles. The fourth-order valence-electron chi connectivity index (χ4n) is 6.39. The molecule has 13 heteroatoms. The zero-order valence-corrected chi connectivity index (χ0v) is 29.4. The van der Waals surface area contributed by atoms with Gasteiger partial charge in [0, 0.05) is 30.0 Å². The number of nitrogens with one attached hydrogen (secondary N) is 2. The number of carbonyl (C=O) groups is 2. The first-order valence-corrected chi connectivity index (χ1v) is 17.6. The van der Waals surface area contributed by atoms with E-state index in [1.165, 1.54) is 30.6 Å². The van der Waals surface area contributed by atoms with Crippen LogP contribution in [-0.4, -0.2) is 56.8 Å². The largest absolute Gasteiger partial charge is 0.493 e. The van der Waals surface area contributed by atoms with Gasteiger partial charge >= 0.3 is 11.9 Å². The van der Waals surface area contributed by atoms with Gasteiger partial charge in [0.05, 0.1) is 14.2 Å². The van der Waals surface area contributed by atoms with Gasteiger partial charge < -0.3 is 18.9 Å². The number of nitrogens with zero attached hydrogens (tertiary/aromatic N) is 1. The molecule has 2 aromatic carbocycles. The monoisotopic (exact) mass is 728 g/mol. The maximum Gasteiger partial charge on any atom is 0.348 e. The van der Waals surface area contributed by atoms with Crippen molar-refractivity contribution in [2.75, 3.05) is 33.9 Å². The van der Waals surface area contributed by atoms with Gasteiger partial charge in [-0.3, -0.25) is 10.2 Å². The molecule has 0 aliphatic carbocycles. The number of carbonyl (C=O) groups excluding carboxylic acids is 2. The fourth-order valence-corrected chi connectivity index (χ4v) is 7.77. The second-order valence-electron chi connectivity index (χ2n) is 12.1. The van der Waals surface area contributed by atoms with Gasteiger partial charge in [0.2, 0.25) is 0 Å². The maximum absolute atomic E-state index is 14.3. The van der Waals surface area contributed by atoms with E-state index in [0.717, 1.165) is 30.8 Å². The van der Waals surface area contributed by atoms with E-state index < -0.39 is 29.9 Å². The van der Waals surface area contributed by atoms with Gasteiger partial charge in [-0.15, -0.1) is 11.3 Å². The first kappa shape index (κ1) is 35.1. The second kappa shape index (κ2) is 15.9. The lowest BCUT2D eigenvalue weighted by Gasteiger charge is -2.44. The molecule has 2 bridgehead atoms. The number of pyridine rings is 1. The highest BCUT2D eigenvalue weighted by atomic mass is 35.5. The molecule has 0 amide bonds. The first-order chi connectivity index (χ1) is 23.7. The smallest absolute Gasteiger partial charge is 0.348 e. The lowest BCUT2D eigenvalue weighted by atomic mass is 9.86. The van der Waals surface area contributed by atoms with E-state index in [1.807, 2.05) is 0 Å². The topological polar surface area (TPSA) is 100 Å². The molecule has 4 aromatic rings. The lowest BCUT2D eigenvalue weighted by molar-refractivity contribution is -0.377. The number of methoxy groups -OCH3 is 2. The number of fused-ring (bicyclic) bond motifs is 3. The van der Waals surface area contributed by atoms with Crippen molar-refractivity contribution in [3.05, 3.63) is 109 Å². The molecule has 1 unspecified atom stereocenters. The lowest BCUT2D eigenvalue weighted by Crippen LogP contribution is -2.52. The molecule has 0 radical (unpaired) electrons. The Balaban J connectivity index is 1.18. The van der Waals surface area contributed by atoms with Gasteiger partial charge in [0.25, 0.3) is 0 Å². The quantitative estimate of drug-likeness (QED) is 0.153. The number of esters is 2. The maximum atomic E-state index is 14.3. The van der Waals surface area contributed by atoms with Crippen LogP contribution in [0.15, 0.2) is 67.0 Å². The standard InChI is InChI=1S/C36H36Cl2FN3O6S/c1-45-29-8-6-22(15-31(29)46-2)30(16-26-27(37)18-40-19-28(26)38)47-35(43)33-9-7-25(49-33)17-41-34(23-4-3-5-24(39)14-23)36(44)48-32-20-42-12-10-21(32)11-13-42/h3-9,14-15,18-19,21,30,32,34,41H,10-13,16-17,20H2,1-2H3/p+1/t30-,32-,34?/m0/s1. The summed E-state index contributed by atoms with van der Waals surface area (Å²) < 4.78 is 37.2. The van der Waals surface area contributed by atoms with E-state index in [9.17, 15) is 14.0 Å². The van der Waals surface area contributed by atoms with Crippen LogP contribution < -0.4 is 19.8 Å². The molecule has 3 aliphatic heterocycles. The zero-order chi connectivity index (χ0) is 34.5. The number of piperidine rings is 3. The van der Waals surface area contributed by atoms with E-state index >= 15 is 0 Å². The van der Waals surface area contributed by atoms with Crippen LogP contribution in [0, 0.1) is 11.7 Å². The Bertz CT molecular complexity index is 1780. The molecular formula is C36H37Cl2FN3O6S+. The predicted octanol–water partition coefficient (Wildman–Crippen LogP) is 6.63. The van der Waals surface area contributed by atoms with Crippen molar-refractivity contribution >= 4 is 46.5 Å². The summed E-state index contributed by atoms with van der Waals surface area (Å²) in [6.07, 6.45) is 4.46. The average molecular weight is 730 g/mol. The van der Waals surface area contributed by atoms with Gasteiger partial charge in [-0.05, 0) is 79.4 Å². The van der Waals surface area contributed by atoms with Crippen molar-refractivity contribution in [3.63, 3.8) is 0 Å². The van der Waals surface area contributed by atoms with Crippen LogP contribution in [0.2, 0.25) is 10.0 Å². The van der Waals surface area contributed by atoms with Crippen LogP contribution in [0.4, 0.5) is 4.39 Å². The van der Waals surface area contributed by atoms with Crippen molar-refractivity contribution in [2.24, 2.45) is 5.92 Å². The number of thiophene rings is 1. The number of benzene rings is 2. The molecule has 9 nitrogen and oxygen atoms in total. The molecule has 258 valence electrons. The molecule has 49 heavy (non-hydrogen) atoms. The van der Waals surface area contributed by atoms with Gasteiger partial charge in [-0.2, -0.15) is 0 Å². The predicted molar refractivity (Wildman–Crippen MR) is 184 cm³/mol. The Morgan fingerprint density at radius 3 is 2.43 bits per heavy atom. The number of hydrogen-bond donors (Lipinski definition) is 1. The van der Waals surface area contributed by atoms with E-state index in [-0.39, 0.29) is 19.1 Å². The van der Waals surface area contributed by atoms with Crippen molar-refractivity contribution in [2.45, 2.75) is 44.1 Å². The minimum Gasteiger partial charge on any atom is -0.493 e. The fraction of sp³-hybridized carbons (Fsp3) is 0.361. The Hall–Kier alpha value is -3.74. The van der Waals surface area contributed by atoms with Crippen LogP contribution in [0.25, 0.3) is 0 Å². The van der Waals surface area contributed by atoms with Crippen LogP contribution in [-0.2, 0) is 27.2 Å². The highest BCUT2D eigenvalue weighted by molar-refractivity contribution is 7.13. The van der Waals surface area contributed by atoms with Crippen LogP contribution >= 0.6 is 34.5 Å². The van der Waals surface area contributed by atoms with Gasteiger partial charge in [0.15, 0.2) is 23.9 Å². The molecule has 0 spiro atoms. The van der Waals surface area contributed by atoms with Crippen molar-refractivity contribution in [3.8, 4) is 11.5 Å². The molecule has 3 fully saturated rings. The van der Waals surface area contributed by atoms with Crippen molar-refractivity contribution < 1.29 is 37.9 Å². The molecule has 0 saturated carbocycles. The summed E-state index contributed by atoms with van der Waals surface area (Å²) in [5.41, 5.74) is 1.74. The van der Waals surface area contributed by atoms with Crippen molar-refractivity contribution in [1.29, 1.82) is 0 Å². The third-order valence-corrected chi connectivity index (χ3v) is 10.8. The van der Waals surface area contributed by atoms with Gasteiger partial charge in [-0.1, -0.05) is 41.4 Å². The summed E-state index contributed by atoms with van der Waals surface area (Å²) in [5.74, 6) is -0.0990. The molecule has 3 aliphatic rings. The number of ether oxygens (including phenoxy) is 4. The van der Waals surface area contributed by atoms with Gasteiger partial charge in [0.1, 0.15) is 39.0 Å². The Kier molecular flexibility index (Phi) is 11.4. The van der Waals surface area contributed by atoms with Crippen LogP contribution in [0.5, 0.6) is 11.5 Å². The number of hydrogen-bond acceptors (Lipinski definition) is 9. The summed E-state index contributed by atoms with van der Waals surface area (Å²) in [5, 5.41) is 4.05. The molecule has 5 heterocycles. The first-order valence-electron chi connectivity index (χ1n) is 16.0. The van der Waals surface area contributed by atoms with E-state index in [0.29, 0.717) is 55.6 Å². The van der Waals surface area contributed by atoms with E-state index in [2.05, 4.69) is 15.2 Å². The summed E-state index contributed by atoms with van der Waals surface area (Å²) in [7, 11) is 3.07. The summed E-state index contributed by atoms with van der Waals surface area (Å²) in [6, 6.07) is 13.8. The Morgan fingerprint density at radius 2 is 1.76 bits per heavy atom. The summed E-state index contributed by atoms with van der Waals surface area (Å²) in [4.78, 5) is 33.5. The SMILES string of the molecule is COc1ccc([C@H](Cc2c(Cl)c[nH+]cc2Cl)OC(=O)c2ccc(CNC(C(=O)O[C@H]3CN4CCC3CC4)c3cccc(F)c3)s2)cc1OC. The van der Waals surface area contributed by atoms with E-state index in [4.69, 9.17) is 42.1 Å². The van der Waals surface area contributed by atoms with Gasteiger partial charge in [-0.25, -0.2) is 19.0 Å². The highest BCUT2D eigenvalue weighted by Crippen LogP contribution is 2.36. The van der Waals surface area contributed by atoms with Crippen LogP contribution in [0.3, 0.4) is 0 Å². The molecular weight excluding hydrogens is 692 g/mol. The molecule has 2 aromatic heterocycles. The minimum absolute atomic E-state index is 0.187. The van der Waals surface area contributed by atoms with Crippen molar-refractivity contribution in [1.82, 2.24) is 10.2 Å². The third kappa shape index (κ3) is 8.36.